The highest BCUT2D eigenvalue weighted by Crippen LogP contribution is 2.30. The molecular formula is C25H27N7O4S. The Morgan fingerprint density at radius 3 is 2.59 bits per heavy atom. The molecule has 3 heterocycles. The molecular weight excluding hydrogens is 494 g/mol. The van der Waals surface area contributed by atoms with Gasteiger partial charge in [-0.25, -0.2) is 19.7 Å². The highest BCUT2D eigenvalue weighted by molar-refractivity contribution is 7.90. The molecule has 1 amide bonds. The number of sulfonamides is 1. The number of nitrogens with zero attached hydrogens (tertiary/aromatic N) is 5. The third-order valence-electron chi connectivity index (χ3n) is 5.30. The minimum Gasteiger partial charge on any atom is -0.438 e. The van der Waals surface area contributed by atoms with Gasteiger partial charge in [0.25, 0.3) is 15.9 Å². The maximum Gasteiger partial charge on any atom is 0.285 e. The summed E-state index contributed by atoms with van der Waals surface area (Å²) in [4.78, 5) is 25.2. The van der Waals surface area contributed by atoms with Crippen molar-refractivity contribution in [2.75, 3.05) is 5.73 Å². The number of hydrogen-bond acceptors (Lipinski definition) is 9. The summed E-state index contributed by atoms with van der Waals surface area (Å²) in [5, 5.41) is 3.82. The largest absolute Gasteiger partial charge is 0.438 e. The second-order valence-electron chi connectivity index (χ2n) is 8.95. The first-order valence-electron chi connectivity index (χ1n) is 11.5. The summed E-state index contributed by atoms with van der Waals surface area (Å²) in [5.74, 6) is -0.483. The molecule has 0 atom stereocenters. The van der Waals surface area contributed by atoms with Crippen LogP contribution in [-0.2, 0) is 16.6 Å². The Bertz CT molecular complexity index is 1570. The summed E-state index contributed by atoms with van der Waals surface area (Å²) in [5.41, 5.74) is 8.64. The number of carbonyl (C=O) groups is 1. The van der Waals surface area contributed by atoms with Crippen LogP contribution in [-0.4, -0.2) is 39.1 Å². The number of hydrogen-bond donors (Lipinski definition) is 2. The van der Waals surface area contributed by atoms with Crippen LogP contribution in [0, 0.1) is 19.8 Å². The van der Waals surface area contributed by atoms with Gasteiger partial charge in [-0.3, -0.25) is 9.48 Å². The van der Waals surface area contributed by atoms with Crippen molar-refractivity contribution < 1.29 is 17.9 Å². The van der Waals surface area contributed by atoms with Gasteiger partial charge in [0.05, 0.1) is 11.9 Å². The second kappa shape index (κ2) is 10.3. The molecule has 4 rings (SSSR count). The highest BCUT2D eigenvalue weighted by Gasteiger charge is 2.26. The molecule has 0 saturated heterocycles. The molecule has 0 bridgehead atoms. The fraction of sp³-hybridized carbons (Fsp3) is 0.240. The molecule has 192 valence electrons. The lowest BCUT2D eigenvalue weighted by atomic mass is 10.1. The van der Waals surface area contributed by atoms with Crippen LogP contribution in [0.5, 0.6) is 11.6 Å². The van der Waals surface area contributed by atoms with Crippen molar-refractivity contribution in [3.8, 4) is 22.9 Å². The first-order chi connectivity index (χ1) is 17.5. The maximum absolute atomic E-state index is 13.2. The SMILES string of the molecule is Cc1ccc(Oc2nc(-c3cnn(CC(C)C)c3)ccc2C(=O)NS(=O)(=O)c2nccnc2N)c(C)c1. The molecule has 0 aliphatic heterocycles. The van der Waals surface area contributed by atoms with Gasteiger partial charge in [0.2, 0.25) is 10.9 Å². The lowest BCUT2D eigenvalue weighted by molar-refractivity contribution is 0.0978. The number of nitrogen functional groups attached to an aromatic ring is 1. The number of benzene rings is 1. The average molecular weight is 522 g/mol. The Morgan fingerprint density at radius 2 is 1.89 bits per heavy atom. The minimum absolute atomic E-state index is 0.0686. The van der Waals surface area contributed by atoms with Crippen molar-refractivity contribution in [3.63, 3.8) is 0 Å². The fourth-order valence-corrected chi connectivity index (χ4v) is 4.59. The first kappa shape index (κ1) is 25.8. The van der Waals surface area contributed by atoms with E-state index in [2.05, 4.69) is 33.9 Å². The molecule has 3 aromatic heterocycles. The van der Waals surface area contributed by atoms with Crippen molar-refractivity contribution >= 4 is 21.7 Å². The molecule has 12 heteroatoms. The summed E-state index contributed by atoms with van der Waals surface area (Å²) in [6.07, 6.45) is 5.94. The van der Waals surface area contributed by atoms with Crippen molar-refractivity contribution in [2.45, 2.75) is 39.3 Å². The molecule has 1 aromatic carbocycles. The Morgan fingerprint density at radius 1 is 1.14 bits per heavy atom. The van der Waals surface area contributed by atoms with Gasteiger partial charge in [-0.05, 0) is 43.5 Å². The summed E-state index contributed by atoms with van der Waals surface area (Å²) >= 11 is 0. The van der Waals surface area contributed by atoms with E-state index >= 15 is 0 Å². The molecule has 3 N–H and O–H groups in total. The van der Waals surface area contributed by atoms with Crippen molar-refractivity contribution in [2.24, 2.45) is 5.92 Å². The standard InChI is InChI=1S/C25H27N7O4S/c1-15(2)13-32-14-18(12-29-32)20-7-6-19(24(30-20)36-21-8-5-16(3)11-17(21)4)23(33)31-37(34,35)25-22(26)27-9-10-28-25/h5-12,14-15H,13H2,1-4H3,(H2,26,27)(H,31,33). The summed E-state index contributed by atoms with van der Waals surface area (Å²) < 4.78 is 35.4. The van der Waals surface area contributed by atoms with Crippen molar-refractivity contribution in [1.82, 2.24) is 29.5 Å². The summed E-state index contributed by atoms with van der Waals surface area (Å²) in [6, 6.07) is 8.60. The molecule has 4 aromatic rings. The van der Waals surface area contributed by atoms with Crippen LogP contribution in [0.15, 0.2) is 60.1 Å². The third-order valence-corrected chi connectivity index (χ3v) is 6.57. The number of nitrogens with one attached hydrogen (secondary N) is 1. The van der Waals surface area contributed by atoms with Crippen molar-refractivity contribution in [3.05, 3.63) is 71.8 Å². The van der Waals surface area contributed by atoms with E-state index in [0.29, 0.717) is 17.4 Å². The summed E-state index contributed by atoms with van der Waals surface area (Å²) in [7, 11) is -4.41. The van der Waals surface area contributed by atoms with Gasteiger partial charge < -0.3 is 10.5 Å². The average Bonchev–Trinajstić information content (AvgIpc) is 3.28. The van der Waals surface area contributed by atoms with Crippen LogP contribution >= 0.6 is 0 Å². The van der Waals surface area contributed by atoms with Crippen LogP contribution in [0.2, 0.25) is 0 Å². The van der Waals surface area contributed by atoms with Crippen LogP contribution in [0.25, 0.3) is 11.3 Å². The second-order valence-corrected chi connectivity index (χ2v) is 10.5. The number of ether oxygens (including phenoxy) is 1. The van der Waals surface area contributed by atoms with Crippen LogP contribution in [0.3, 0.4) is 0 Å². The topological polar surface area (TPSA) is 155 Å². The van der Waals surface area contributed by atoms with E-state index in [1.807, 2.05) is 41.6 Å². The van der Waals surface area contributed by atoms with Crippen LogP contribution < -0.4 is 15.2 Å². The molecule has 0 spiro atoms. The predicted molar refractivity (Wildman–Crippen MR) is 137 cm³/mol. The molecule has 0 fully saturated rings. The third kappa shape index (κ3) is 5.92. The van der Waals surface area contributed by atoms with E-state index in [0.717, 1.165) is 23.2 Å². The maximum atomic E-state index is 13.2. The number of anilines is 1. The van der Waals surface area contributed by atoms with Gasteiger partial charge >= 0.3 is 0 Å². The molecule has 0 unspecified atom stereocenters. The van der Waals surface area contributed by atoms with Gasteiger partial charge in [0, 0.05) is 30.7 Å². The Balaban J connectivity index is 1.73. The Kier molecular flexibility index (Phi) is 7.21. The van der Waals surface area contributed by atoms with Crippen LogP contribution in [0.1, 0.15) is 35.3 Å². The Hall–Kier alpha value is -4.32. The predicted octanol–water partition coefficient (Wildman–Crippen LogP) is 3.50. The number of carbonyl (C=O) groups excluding carboxylic acids is 1. The van der Waals surface area contributed by atoms with E-state index < -0.39 is 21.0 Å². The number of nitrogens with two attached hydrogens (primary N) is 1. The van der Waals surface area contributed by atoms with E-state index in [1.165, 1.54) is 18.5 Å². The smallest absolute Gasteiger partial charge is 0.285 e. The van der Waals surface area contributed by atoms with Gasteiger partial charge in [-0.2, -0.15) is 13.5 Å². The molecule has 11 nitrogen and oxygen atoms in total. The van der Waals surface area contributed by atoms with Gasteiger partial charge in [0.1, 0.15) is 11.3 Å². The minimum atomic E-state index is -4.41. The quantitative estimate of drug-likeness (QED) is 0.354. The zero-order valence-corrected chi connectivity index (χ0v) is 21.7. The number of aromatic nitrogens is 5. The molecule has 0 radical (unpaired) electrons. The Labute approximate surface area is 214 Å². The molecule has 0 aliphatic carbocycles. The zero-order chi connectivity index (χ0) is 26.7. The highest BCUT2D eigenvalue weighted by atomic mass is 32.2. The van der Waals surface area contributed by atoms with E-state index in [9.17, 15) is 13.2 Å². The first-order valence-corrected chi connectivity index (χ1v) is 12.9. The van der Waals surface area contributed by atoms with E-state index in [1.54, 1.807) is 18.3 Å². The fourth-order valence-electron chi connectivity index (χ4n) is 3.61. The van der Waals surface area contributed by atoms with Crippen LogP contribution in [0.4, 0.5) is 5.82 Å². The molecule has 0 saturated carbocycles. The number of pyridine rings is 1. The lowest BCUT2D eigenvalue weighted by Crippen LogP contribution is -2.32. The van der Waals surface area contributed by atoms with Gasteiger partial charge in [0.15, 0.2) is 5.82 Å². The number of aryl methyl sites for hydroxylation is 2. The van der Waals surface area contributed by atoms with E-state index in [-0.39, 0.29) is 17.3 Å². The van der Waals surface area contributed by atoms with Gasteiger partial charge in [-0.1, -0.05) is 31.5 Å². The normalized spacial score (nSPS) is 11.5. The summed E-state index contributed by atoms with van der Waals surface area (Å²) in [6.45, 7) is 8.72. The van der Waals surface area contributed by atoms with Gasteiger partial charge in [-0.15, -0.1) is 0 Å². The number of amides is 1. The van der Waals surface area contributed by atoms with E-state index in [4.69, 9.17) is 10.5 Å². The van der Waals surface area contributed by atoms with Crippen molar-refractivity contribution in [1.29, 1.82) is 0 Å². The molecule has 37 heavy (non-hydrogen) atoms. The lowest BCUT2D eigenvalue weighted by Gasteiger charge is -2.14. The monoisotopic (exact) mass is 521 g/mol. The number of rotatable bonds is 8. The molecule has 0 aliphatic rings. The zero-order valence-electron chi connectivity index (χ0n) is 20.8.